The second-order valence-corrected chi connectivity index (χ2v) is 6.07. The first-order chi connectivity index (χ1) is 12.1. The molecule has 7 nitrogen and oxygen atoms in total. The summed E-state index contributed by atoms with van der Waals surface area (Å²) in [5.74, 6) is 1.24. The molecule has 3 N–H and O–H groups in total. The minimum absolute atomic E-state index is 0. The second-order valence-electron chi connectivity index (χ2n) is 6.07. The lowest BCUT2D eigenvalue weighted by atomic mass is 10.1. The second kappa shape index (κ2) is 11.8. The minimum atomic E-state index is -0.241. The van der Waals surface area contributed by atoms with Gasteiger partial charge in [0, 0.05) is 19.1 Å². The van der Waals surface area contributed by atoms with E-state index in [0.717, 1.165) is 18.6 Å². The van der Waals surface area contributed by atoms with Gasteiger partial charge in [0.25, 0.3) is 0 Å². The topological polar surface area (TPSA) is 89.2 Å². The summed E-state index contributed by atoms with van der Waals surface area (Å²) in [6, 6.07) is 9.87. The van der Waals surface area contributed by atoms with Crippen LogP contribution in [0.25, 0.3) is 0 Å². The van der Waals surface area contributed by atoms with E-state index in [4.69, 9.17) is 15.2 Å². The Balaban J connectivity index is 0.00000338. The predicted molar refractivity (Wildman–Crippen MR) is 113 cm³/mol. The maximum Gasteiger partial charge on any atom is 0.409 e. The zero-order valence-corrected chi connectivity index (χ0v) is 17.7. The molecule has 1 aromatic carbocycles. The number of nitrogens with zero attached hydrogens (tertiary/aromatic N) is 2. The molecule has 1 aromatic rings. The Morgan fingerprint density at radius 3 is 2.62 bits per heavy atom. The average Bonchev–Trinajstić information content (AvgIpc) is 2.62. The molecule has 0 aliphatic carbocycles. The lowest BCUT2D eigenvalue weighted by Gasteiger charge is -2.31. The Morgan fingerprint density at radius 2 is 2.00 bits per heavy atom. The Kier molecular flexibility index (Phi) is 10.2. The third kappa shape index (κ3) is 7.67. The van der Waals surface area contributed by atoms with Crippen molar-refractivity contribution in [2.24, 2.45) is 10.7 Å². The van der Waals surface area contributed by atoms with Gasteiger partial charge in [-0.15, -0.1) is 24.0 Å². The van der Waals surface area contributed by atoms with Crippen molar-refractivity contribution in [3.8, 4) is 5.75 Å². The number of benzene rings is 1. The number of piperidine rings is 1. The van der Waals surface area contributed by atoms with Gasteiger partial charge in [0.1, 0.15) is 11.9 Å². The van der Waals surface area contributed by atoms with Crippen molar-refractivity contribution in [3.05, 3.63) is 30.3 Å². The van der Waals surface area contributed by atoms with Gasteiger partial charge in [-0.3, -0.25) is 0 Å². The molecule has 1 heterocycles. The van der Waals surface area contributed by atoms with E-state index in [-0.39, 0.29) is 42.2 Å². The fourth-order valence-electron chi connectivity index (χ4n) is 2.67. The van der Waals surface area contributed by atoms with Gasteiger partial charge in [-0.2, -0.15) is 0 Å². The molecule has 1 fully saturated rings. The van der Waals surface area contributed by atoms with Crippen LogP contribution in [0.15, 0.2) is 35.3 Å². The van der Waals surface area contributed by atoms with E-state index >= 15 is 0 Å². The van der Waals surface area contributed by atoms with Crippen LogP contribution in [0.5, 0.6) is 5.75 Å². The van der Waals surface area contributed by atoms with Crippen molar-refractivity contribution in [3.63, 3.8) is 0 Å². The fraction of sp³-hybridized carbons (Fsp3) is 0.556. The van der Waals surface area contributed by atoms with Gasteiger partial charge in [-0.25, -0.2) is 9.79 Å². The van der Waals surface area contributed by atoms with Crippen molar-refractivity contribution in [2.75, 3.05) is 26.2 Å². The normalized spacial score (nSPS) is 16.4. The van der Waals surface area contributed by atoms with Gasteiger partial charge >= 0.3 is 6.09 Å². The molecule has 0 spiro atoms. The molecule has 1 aliphatic rings. The highest BCUT2D eigenvalue weighted by Crippen LogP contribution is 2.12. The average molecular weight is 476 g/mol. The van der Waals surface area contributed by atoms with Crippen LogP contribution in [0, 0.1) is 0 Å². The van der Waals surface area contributed by atoms with Gasteiger partial charge in [0.2, 0.25) is 0 Å². The SMILES string of the molecule is CCOC(=O)N1CCC(NC(N)=NCC(C)Oc2ccccc2)CC1.I. The van der Waals surface area contributed by atoms with E-state index in [0.29, 0.717) is 32.2 Å². The van der Waals surface area contributed by atoms with Crippen LogP contribution in [0.2, 0.25) is 0 Å². The van der Waals surface area contributed by atoms with Crippen LogP contribution < -0.4 is 15.8 Å². The summed E-state index contributed by atoms with van der Waals surface area (Å²) >= 11 is 0. The number of nitrogens with two attached hydrogens (primary N) is 1. The van der Waals surface area contributed by atoms with Crippen molar-refractivity contribution >= 4 is 36.0 Å². The van der Waals surface area contributed by atoms with Crippen LogP contribution in [0.3, 0.4) is 0 Å². The fourth-order valence-corrected chi connectivity index (χ4v) is 2.67. The molecule has 0 aromatic heterocycles. The number of carbonyl (C=O) groups is 1. The highest BCUT2D eigenvalue weighted by atomic mass is 127. The smallest absolute Gasteiger partial charge is 0.409 e. The molecular weight excluding hydrogens is 447 g/mol. The van der Waals surface area contributed by atoms with Crippen LogP contribution >= 0.6 is 24.0 Å². The number of nitrogens with one attached hydrogen (secondary N) is 1. The van der Waals surface area contributed by atoms with Crippen LogP contribution in [-0.4, -0.2) is 55.3 Å². The predicted octanol–water partition coefficient (Wildman–Crippen LogP) is 2.60. The van der Waals surface area contributed by atoms with Gasteiger partial charge in [0.05, 0.1) is 13.2 Å². The number of hydrogen-bond donors (Lipinski definition) is 2. The molecule has 146 valence electrons. The molecular formula is C18H29IN4O3. The third-order valence-corrected chi connectivity index (χ3v) is 3.97. The number of ether oxygens (including phenoxy) is 2. The summed E-state index contributed by atoms with van der Waals surface area (Å²) in [6.07, 6.45) is 1.35. The number of carbonyl (C=O) groups excluding carboxylic acids is 1. The molecule has 0 saturated carbocycles. The van der Waals surface area contributed by atoms with E-state index in [9.17, 15) is 4.79 Å². The van der Waals surface area contributed by atoms with E-state index in [1.165, 1.54) is 0 Å². The van der Waals surface area contributed by atoms with Gasteiger partial charge in [0.15, 0.2) is 5.96 Å². The number of hydrogen-bond acceptors (Lipinski definition) is 4. The van der Waals surface area contributed by atoms with Gasteiger partial charge < -0.3 is 25.4 Å². The summed E-state index contributed by atoms with van der Waals surface area (Å²) < 4.78 is 10.8. The molecule has 1 aliphatic heterocycles. The van der Waals surface area contributed by atoms with E-state index in [1.54, 1.807) is 4.90 Å². The number of rotatable bonds is 6. The Bertz CT molecular complexity index is 563. The number of amides is 1. The highest BCUT2D eigenvalue weighted by Gasteiger charge is 2.23. The molecule has 2 rings (SSSR count). The van der Waals surface area contributed by atoms with Crippen molar-refractivity contribution < 1.29 is 14.3 Å². The summed E-state index contributed by atoms with van der Waals surface area (Å²) in [7, 11) is 0. The number of para-hydroxylation sites is 1. The van der Waals surface area contributed by atoms with E-state index < -0.39 is 0 Å². The first-order valence-corrected chi connectivity index (χ1v) is 8.78. The van der Waals surface area contributed by atoms with Crippen molar-refractivity contribution in [2.45, 2.75) is 38.8 Å². The summed E-state index contributed by atoms with van der Waals surface area (Å²) in [5, 5.41) is 3.22. The lowest BCUT2D eigenvalue weighted by molar-refractivity contribution is 0.0963. The first-order valence-electron chi connectivity index (χ1n) is 8.78. The Labute approximate surface area is 172 Å². The monoisotopic (exact) mass is 476 g/mol. The summed E-state index contributed by atoms with van der Waals surface area (Å²) in [4.78, 5) is 17.8. The molecule has 0 radical (unpaired) electrons. The standard InChI is InChI=1S/C18H28N4O3.HI/c1-3-24-18(23)22-11-9-15(10-12-22)21-17(19)20-13-14(2)25-16-7-5-4-6-8-16;/h4-8,14-15H,3,9-13H2,1-2H3,(H3,19,20,21);1H. The van der Waals surface area contributed by atoms with Gasteiger partial charge in [-0.05, 0) is 38.8 Å². The third-order valence-electron chi connectivity index (χ3n) is 3.97. The lowest BCUT2D eigenvalue weighted by Crippen LogP contribution is -2.48. The number of aliphatic imine (C=N–C) groups is 1. The number of guanidine groups is 1. The summed E-state index contributed by atoms with van der Waals surface area (Å²) in [5.41, 5.74) is 5.97. The van der Waals surface area contributed by atoms with Crippen molar-refractivity contribution in [1.29, 1.82) is 0 Å². The van der Waals surface area contributed by atoms with Crippen LogP contribution in [-0.2, 0) is 4.74 Å². The zero-order chi connectivity index (χ0) is 18.1. The van der Waals surface area contributed by atoms with E-state index in [1.807, 2.05) is 44.2 Å². The molecule has 1 saturated heterocycles. The van der Waals surface area contributed by atoms with Crippen molar-refractivity contribution in [1.82, 2.24) is 10.2 Å². The molecule has 1 unspecified atom stereocenters. The van der Waals surface area contributed by atoms with Crippen LogP contribution in [0.4, 0.5) is 4.79 Å². The maximum atomic E-state index is 11.7. The number of halogens is 1. The van der Waals surface area contributed by atoms with Gasteiger partial charge in [-0.1, -0.05) is 18.2 Å². The Morgan fingerprint density at radius 1 is 1.35 bits per heavy atom. The summed E-state index contributed by atoms with van der Waals surface area (Å²) in [6.45, 7) is 5.98. The quantitative estimate of drug-likeness (QED) is 0.375. The molecule has 8 heteroatoms. The minimum Gasteiger partial charge on any atom is -0.489 e. The first kappa shape index (κ1) is 22.3. The maximum absolute atomic E-state index is 11.7. The molecule has 1 amide bonds. The van der Waals surface area contributed by atoms with Crippen LogP contribution in [0.1, 0.15) is 26.7 Å². The van der Waals surface area contributed by atoms with E-state index in [2.05, 4.69) is 10.3 Å². The largest absolute Gasteiger partial charge is 0.489 e. The molecule has 1 atom stereocenters. The molecule has 0 bridgehead atoms. The zero-order valence-electron chi connectivity index (χ0n) is 15.4. The molecule has 26 heavy (non-hydrogen) atoms. The highest BCUT2D eigenvalue weighted by molar-refractivity contribution is 14.0. The number of likely N-dealkylation sites (tertiary alicyclic amines) is 1. The Hall–Kier alpha value is -1.71.